The van der Waals surface area contributed by atoms with E-state index >= 15 is 0 Å². The van der Waals surface area contributed by atoms with Crippen LogP contribution in [0.15, 0.2) is 0 Å². The van der Waals surface area contributed by atoms with Gasteiger partial charge in [-0.05, 0) is 0 Å². The van der Waals surface area contributed by atoms with E-state index < -0.39 is 18.6 Å². The minimum atomic E-state index is -4.85. The van der Waals surface area contributed by atoms with Crippen LogP contribution in [0.4, 0.5) is 0 Å². The summed E-state index contributed by atoms with van der Waals surface area (Å²) in [5.74, 6) is 0. The predicted molar refractivity (Wildman–Crippen MR) is 20.3 cm³/mol. The number of halogens is 1. The van der Waals surface area contributed by atoms with Crippen molar-refractivity contribution in [3.8, 4) is 0 Å². The average Bonchev–Trinajstić information content (AvgIpc) is 1.21. The van der Waals surface area contributed by atoms with Gasteiger partial charge in [0.15, 0.2) is 0 Å². The molecule has 0 amide bonds. The van der Waals surface area contributed by atoms with Gasteiger partial charge in [-0.25, -0.2) is 4.57 Å². The Morgan fingerprint density at radius 3 is 1.70 bits per heavy atom. The molecule has 0 fully saturated rings. The van der Waals surface area contributed by atoms with E-state index in [2.05, 4.69) is 4.08 Å². The van der Waals surface area contributed by atoms with Crippen LogP contribution in [-0.4, -0.2) is 39.3 Å². The summed E-state index contributed by atoms with van der Waals surface area (Å²) in [7, 11) is -7.70. The zero-order valence-electron chi connectivity index (χ0n) is 3.71. The van der Waals surface area contributed by atoms with E-state index in [1.54, 1.807) is 0 Å². The molecular weight excluding hydrogens is 241 g/mol. The molecule has 0 unspecified atom stereocenters. The molecule has 0 saturated heterocycles. The zero-order valence-corrected chi connectivity index (χ0v) is 6.46. The van der Waals surface area contributed by atoms with Gasteiger partial charge in [-0.2, -0.15) is 0 Å². The van der Waals surface area contributed by atoms with Crippen molar-refractivity contribution in [2.45, 2.75) is 0 Å². The first kappa shape index (κ1) is 17.8. The van der Waals surface area contributed by atoms with Gasteiger partial charge < -0.3 is 9.32 Å². The van der Waals surface area contributed by atoms with Crippen molar-refractivity contribution in [2.75, 3.05) is 0 Å². The number of rotatable bonds is 2. The van der Waals surface area contributed by atoms with Crippen LogP contribution in [0.3, 0.4) is 0 Å². The van der Waals surface area contributed by atoms with E-state index in [1.807, 2.05) is 0 Å². The molecule has 0 heterocycles. The standard InChI is InChI=1S/ClH2O6P.Fe.Na.H/c2-1(3)7-8(4,5)6;;;/h(H2,4,5,6);;;. The van der Waals surface area contributed by atoms with Crippen LogP contribution in [-0.2, 0) is 25.7 Å². The maximum atomic E-state index is 9.51. The first-order valence-electron chi connectivity index (χ1n) is 1.23. The summed E-state index contributed by atoms with van der Waals surface area (Å²) in [6, 6.07) is 0. The topological polar surface area (TPSA) is 113 Å². The molecule has 0 aromatic carbocycles. The van der Waals surface area contributed by atoms with Crippen molar-refractivity contribution < 1.29 is 55.6 Å². The molecule has 0 aliphatic carbocycles. The second kappa shape index (κ2) is 7.49. The van der Waals surface area contributed by atoms with Crippen LogP contribution in [0, 0.1) is 10.8 Å². The molecule has 0 aliphatic heterocycles. The van der Waals surface area contributed by atoms with Crippen molar-refractivity contribution >= 4 is 37.4 Å². The number of phosphoric acid groups is 1. The Kier molecular flexibility index (Phi) is 13.3. The fraction of sp³-hybridized carbons (Fsp3) is 0. The maximum absolute atomic E-state index is 9.51. The van der Waals surface area contributed by atoms with Gasteiger partial charge in [0.25, 0.3) is 10.8 Å². The first-order valence-corrected chi connectivity index (χ1v) is 3.68. The number of hydrogen-bond acceptors (Lipinski definition) is 4. The normalized spacial score (nSPS) is 10.1. The zero-order chi connectivity index (χ0) is 6.78. The molecule has 60 valence electrons. The summed E-state index contributed by atoms with van der Waals surface area (Å²) in [6.07, 6.45) is 0. The molecule has 6 nitrogen and oxygen atoms in total. The van der Waals surface area contributed by atoms with Crippen LogP contribution in [0.5, 0.6) is 0 Å². The van der Waals surface area contributed by atoms with E-state index in [-0.39, 0.29) is 46.6 Å². The molecule has 0 aromatic heterocycles. The summed E-state index contributed by atoms with van der Waals surface area (Å²) < 4.78 is 31.0. The Morgan fingerprint density at radius 1 is 1.40 bits per heavy atom. The fourth-order valence-electron chi connectivity index (χ4n) is 0.0734. The van der Waals surface area contributed by atoms with Gasteiger partial charge in [0.2, 0.25) is 0 Å². The van der Waals surface area contributed by atoms with Gasteiger partial charge in [0.1, 0.15) is 4.08 Å². The fourth-order valence-corrected chi connectivity index (χ4v) is 0.661. The summed E-state index contributed by atoms with van der Waals surface area (Å²) in [4.78, 5) is 15.3. The third kappa shape index (κ3) is 16.4. The van der Waals surface area contributed by atoms with Crippen LogP contribution in [0.2, 0.25) is 0 Å². The molecule has 10 heavy (non-hydrogen) atoms. The SMILES string of the molecule is O=P(O)(O)O[Cl+2]([O-])[O-].[Fe].[NaH]. The van der Waals surface area contributed by atoms with Crippen LogP contribution >= 0.6 is 7.82 Å². The minimum absolute atomic E-state index is 0. The summed E-state index contributed by atoms with van der Waals surface area (Å²) in [6.45, 7) is 0. The molecule has 0 aliphatic rings. The van der Waals surface area contributed by atoms with Crippen molar-refractivity contribution in [2.24, 2.45) is 0 Å². The Bertz CT molecular complexity index is 110. The quantitative estimate of drug-likeness (QED) is 0.385. The monoisotopic (exact) mass is 244 g/mol. The predicted octanol–water partition coefficient (Wildman–Crippen LogP) is -3.47. The molecular formula is H3ClFeNaO6P. The van der Waals surface area contributed by atoms with E-state index in [9.17, 15) is 13.9 Å². The van der Waals surface area contributed by atoms with E-state index in [0.717, 1.165) is 0 Å². The van der Waals surface area contributed by atoms with Gasteiger partial charge in [0, 0.05) is 17.1 Å². The van der Waals surface area contributed by atoms with E-state index in [0.29, 0.717) is 0 Å². The molecule has 0 spiro atoms. The molecule has 0 atom stereocenters. The Balaban J connectivity index is -0.000000245. The molecule has 0 rings (SSSR count). The summed E-state index contributed by atoms with van der Waals surface area (Å²) >= 11 is 0. The molecule has 10 heteroatoms. The van der Waals surface area contributed by atoms with Crippen molar-refractivity contribution in [3.05, 3.63) is 0 Å². The molecule has 0 saturated carbocycles. The van der Waals surface area contributed by atoms with Crippen molar-refractivity contribution in [1.29, 1.82) is 0 Å². The second-order valence-electron chi connectivity index (χ2n) is 0.749. The van der Waals surface area contributed by atoms with Gasteiger partial charge >= 0.3 is 37.4 Å². The van der Waals surface area contributed by atoms with Gasteiger partial charge in [-0.15, -0.1) is 0 Å². The van der Waals surface area contributed by atoms with Gasteiger partial charge in [-0.3, -0.25) is 9.79 Å². The molecule has 0 radical (unpaired) electrons. The Morgan fingerprint density at radius 2 is 1.70 bits per heavy atom. The Labute approximate surface area is 92.4 Å². The summed E-state index contributed by atoms with van der Waals surface area (Å²) in [5.41, 5.74) is 0. The average molecular weight is 244 g/mol. The molecule has 2 N–H and O–H groups in total. The first-order chi connectivity index (χ1) is 3.42. The number of hydrogen-bond donors (Lipinski definition) is 2. The third-order valence-electron chi connectivity index (χ3n) is 0.146. The van der Waals surface area contributed by atoms with Crippen LogP contribution in [0.1, 0.15) is 0 Å². The summed E-state index contributed by atoms with van der Waals surface area (Å²) in [5, 5.41) is 0. The van der Waals surface area contributed by atoms with E-state index in [1.165, 1.54) is 0 Å². The van der Waals surface area contributed by atoms with Crippen molar-refractivity contribution in [3.63, 3.8) is 0 Å². The molecule has 0 aromatic rings. The Hall–Kier alpha value is 1.84. The second-order valence-corrected chi connectivity index (χ2v) is 2.66. The van der Waals surface area contributed by atoms with Crippen molar-refractivity contribution in [1.82, 2.24) is 0 Å². The molecule has 0 bridgehead atoms. The van der Waals surface area contributed by atoms with Crippen LogP contribution < -0.4 is 9.32 Å². The van der Waals surface area contributed by atoms with Crippen LogP contribution in [0.25, 0.3) is 0 Å². The van der Waals surface area contributed by atoms with E-state index in [4.69, 9.17) is 9.79 Å². The van der Waals surface area contributed by atoms with Gasteiger partial charge in [-0.1, -0.05) is 0 Å². The van der Waals surface area contributed by atoms with Gasteiger partial charge in [0.05, 0.1) is 0 Å². The third-order valence-corrected chi connectivity index (χ3v) is 1.32.